The van der Waals surface area contributed by atoms with Gasteiger partial charge in [0.05, 0.1) is 16.3 Å². The van der Waals surface area contributed by atoms with E-state index in [9.17, 15) is 13.2 Å². The zero-order valence-corrected chi connectivity index (χ0v) is 15.4. The summed E-state index contributed by atoms with van der Waals surface area (Å²) in [5.41, 5.74) is 1.96. The van der Waals surface area contributed by atoms with E-state index in [1.807, 2.05) is 18.9 Å². The zero-order chi connectivity index (χ0) is 18.5. The Labute approximate surface area is 152 Å². The van der Waals surface area contributed by atoms with Gasteiger partial charge in [-0.15, -0.1) is 0 Å². The normalized spacial score (nSPS) is 17.2. The van der Waals surface area contributed by atoms with Crippen molar-refractivity contribution in [2.24, 2.45) is 4.99 Å². The third-order valence-electron chi connectivity index (χ3n) is 4.88. The highest BCUT2D eigenvalue weighted by Crippen LogP contribution is 2.36. The van der Waals surface area contributed by atoms with E-state index in [1.54, 1.807) is 30.3 Å². The van der Waals surface area contributed by atoms with E-state index in [-0.39, 0.29) is 26.7 Å². The van der Waals surface area contributed by atoms with E-state index < -0.39 is 9.84 Å². The van der Waals surface area contributed by atoms with Gasteiger partial charge in [-0.1, -0.05) is 6.07 Å². The minimum atomic E-state index is -3.76. The van der Waals surface area contributed by atoms with Crippen LogP contribution < -0.4 is 10.2 Å². The highest BCUT2D eigenvalue weighted by atomic mass is 32.2. The van der Waals surface area contributed by atoms with Gasteiger partial charge in [0.1, 0.15) is 5.84 Å². The maximum atomic E-state index is 13.1. The average molecular weight is 369 g/mol. The number of anilines is 1. The van der Waals surface area contributed by atoms with Gasteiger partial charge in [0.2, 0.25) is 9.84 Å². The number of amidine groups is 1. The molecule has 7 heteroatoms. The lowest BCUT2D eigenvalue weighted by Gasteiger charge is -2.23. The molecule has 1 N–H and O–H groups in total. The largest absolute Gasteiger partial charge is 0.375 e. The molecule has 0 atom stereocenters. The van der Waals surface area contributed by atoms with Crippen molar-refractivity contribution in [2.75, 3.05) is 31.6 Å². The molecular formula is C19H19N3O3S. The summed E-state index contributed by atoms with van der Waals surface area (Å²) >= 11 is 0. The number of hydrogen-bond acceptors (Lipinski definition) is 6. The van der Waals surface area contributed by atoms with E-state index in [0.717, 1.165) is 18.8 Å². The minimum Gasteiger partial charge on any atom is -0.375 e. The zero-order valence-electron chi connectivity index (χ0n) is 14.6. The molecule has 0 bridgehead atoms. The molecule has 26 heavy (non-hydrogen) atoms. The molecule has 0 amide bonds. The van der Waals surface area contributed by atoms with Crippen LogP contribution in [0.1, 0.15) is 28.4 Å². The average Bonchev–Trinajstić information content (AvgIpc) is 3.19. The summed E-state index contributed by atoms with van der Waals surface area (Å²) in [5.74, 6) is 0.408. The predicted octanol–water partition coefficient (Wildman–Crippen LogP) is 1.87. The molecule has 2 aromatic carbocycles. The summed E-state index contributed by atoms with van der Waals surface area (Å²) in [6, 6.07) is 9.82. The van der Waals surface area contributed by atoms with Gasteiger partial charge in [0.15, 0.2) is 5.78 Å². The number of fused-ring (bicyclic) bond motifs is 2. The fraction of sp³-hybridized carbons (Fsp3) is 0.263. The summed E-state index contributed by atoms with van der Waals surface area (Å²) in [6.07, 6.45) is 0. The summed E-state index contributed by atoms with van der Waals surface area (Å²) in [4.78, 5) is 19.4. The maximum absolute atomic E-state index is 13.1. The monoisotopic (exact) mass is 369 g/mol. The highest BCUT2D eigenvalue weighted by Gasteiger charge is 2.35. The first-order valence-electron chi connectivity index (χ1n) is 8.51. The van der Waals surface area contributed by atoms with Crippen LogP contribution in [0.25, 0.3) is 0 Å². The number of carbonyl (C=O) groups is 1. The third-order valence-corrected chi connectivity index (χ3v) is 6.73. The first-order valence-corrected chi connectivity index (χ1v) is 9.99. The lowest BCUT2D eigenvalue weighted by Crippen LogP contribution is -2.24. The molecule has 0 radical (unpaired) electrons. The number of sulfone groups is 1. The quantitative estimate of drug-likeness (QED) is 0.762. The minimum absolute atomic E-state index is 0.0560. The van der Waals surface area contributed by atoms with Crippen LogP contribution in [0.2, 0.25) is 0 Å². The summed E-state index contributed by atoms with van der Waals surface area (Å²) in [6.45, 7) is 4.15. The predicted molar refractivity (Wildman–Crippen MR) is 100 cm³/mol. The molecule has 134 valence electrons. The second-order valence-electron chi connectivity index (χ2n) is 6.40. The van der Waals surface area contributed by atoms with Crippen LogP contribution in [0.3, 0.4) is 0 Å². The molecule has 2 aliphatic rings. The molecule has 6 nitrogen and oxygen atoms in total. The Kier molecular flexibility index (Phi) is 3.84. The van der Waals surface area contributed by atoms with Gasteiger partial charge < -0.3 is 10.2 Å². The van der Waals surface area contributed by atoms with Gasteiger partial charge in [-0.3, -0.25) is 9.79 Å². The molecule has 4 rings (SSSR count). The van der Waals surface area contributed by atoms with Crippen molar-refractivity contribution in [3.63, 3.8) is 0 Å². The Morgan fingerprint density at radius 2 is 1.92 bits per heavy atom. The van der Waals surface area contributed by atoms with Crippen LogP contribution in [-0.4, -0.2) is 46.7 Å². The van der Waals surface area contributed by atoms with Crippen molar-refractivity contribution < 1.29 is 13.2 Å². The molecule has 0 spiro atoms. The summed E-state index contributed by atoms with van der Waals surface area (Å²) in [5, 5.41) is 3.13. The number of rotatable bonds is 3. The molecule has 0 unspecified atom stereocenters. The molecule has 0 fully saturated rings. The van der Waals surface area contributed by atoms with E-state index in [1.165, 1.54) is 6.07 Å². The summed E-state index contributed by atoms with van der Waals surface area (Å²) in [7, 11) is -1.86. The standard InChI is InChI=1S/C19H19N3O3S/c1-3-22(2)13-5-7-16-15(11-13)18(23)14-6-4-12(19-20-8-9-21-19)10-17(14)26(16,24)25/h4-7,10-11H,3,8-9H2,1-2H3,(H,20,21). The molecule has 2 aromatic rings. The maximum Gasteiger partial charge on any atom is 0.208 e. The van der Waals surface area contributed by atoms with Crippen molar-refractivity contribution >= 4 is 27.1 Å². The van der Waals surface area contributed by atoms with Crippen molar-refractivity contribution in [2.45, 2.75) is 16.7 Å². The molecule has 2 aliphatic heterocycles. The molecule has 2 heterocycles. The molecule has 0 aliphatic carbocycles. The number of aliphatic imine (C=N–C) groups is 1. The van der Waals surface area contributed by atoms with Gasteiger partial charge >= 0.3 is 0 Å². The molecule has 0 saturated carbocycles. The van der Waals surface area contributed by atoms with E-state index in [0.29, 0.717) is 17.9 Å². The molecular weight excluding hydrogens is 350 g/mol. The summed E-state index contributed by atoms with van der Waals surface area (Å²) < 4.78 is 26.3. The number of ketones is 1. The van der Waals surface area contributed by atoms with Crippen molar-refractivity contribution in [1.82, 2.24) is 5.32 Å². The van der Waals surface area contributed by atoms with E-state index >= 15 is 0 Å². The number of hydrogen-bond donors (Lipinski definition) is 1. The van der Waals surface area contributed by atoms with Crippen molar-refractivity contribution in [3.8, 4) is 0 Å². The Morgan fingerprint density at radius 3 is 2.62 bits per heavy atom. The van der Waals surface area contributed by atoms with E-state index in [4.69, 9.17) is 0 Å². The highest BCUT2D eigenvalue weighted by molar-refractivity contribution is 7.91. The van der Waals surface area contributed by atoms with Crippen molar-refractivity contribution in [1.29, 1.82) is 0 Å². The Hall–Kier alpha value is -2.67. The lowest BCUT2D eigenvalue weighted by molar-refractivity contribution is 0.103. The van der Waals surface area contributed by atoms with Crippen LogP contribution in [0, 0.1) is 0 Å². The molecule has 0 saturated heterocycles. The second-order valence-corrected chi connectivity index (χ2v) is 8.28. The Morgan fingerprint density at radius 1 is 1.12 bits per heavy atom. The second kappa shape index (κ2) is 5.95. The van der Waals surface area contributed by atoms with Crippen LogP contribution in [-0.2, 0) is 9.84 Å². The topological polar surface area (TPSA) is 78.8 Å². The van der Waals surface area contributed by atoms with Crippen LogP contribution in [0.5, 0.6) is 0 Å². The lowest BCUT2D eigenvalue weighted by atomic mass is 10.00. The van der Waals surface area contributed by atoms with Crippen LogP contribution >= 0.6 is 0 Å². The van der Waals surface area contributed by atoms with Crippen LogP contribution in [0.15, 0.2) is 51.2 Å². The first-order chi connectivity index (χ1) is 12.4. The first kappa shape index (κ1) is 16.8. The third kappa shape index (κ3) is 2.42. The fourth-order valence-electron chi connectivity index (χ4n) is 3.28. The number of nitrogens with one attached hydrogen (secondary N) is 1. The number of benzene rings is 2. The van der Waals surface area contributed by atoms with Gasteiger partial charge in [0, 0.05) is 42.5 Å². The smallest absolute Gasteiger partial charge is 0.208 e. The Bertz CT molecular complexity index is 1060. The van der Waals surface area contributed by atoms with Gasteiger partial charge in [-0.05, 0) is 37.3 Å². The van der Waals surface area contributed by atoms with Gasteiger partial charge in [-0.25, -0.2) is 8.42 Å². The fourth-order valence-corrected chi connectivity index (χ4v) is 4.94. The molecule has 0 aromatic heterocycles. The SMILES string of the molecule is CCN(C)c1ccc2c(c1)C(=O)c1ccc(C3=NCCN3)cc1S2(=O)=O. The Balaban J connectivity index is 1.89. The van der Waals surface area contributed by atoms with E-state index in [2.05, 4.69) is 10.3 Å². The number of carbonyl (C=O) groups excluding carboxylic acids is 1. The number of nitrogens with zero attached hydrogens (tertiary/aromatic N) is 2. The van der Waals surface area contributed by atoms with Gasteiger partial charge in [-0.2, -0.15) is 0 Å². The van der Waals surface area contributed by atoms with Gasteiger partial charge in [0.25, 0.3) is 0 Å². The van der Waals surface area contributed by atoms with Crippen LogP contribution in [0.4, 0.5) is 5.69 Å². The van der Waals surface area contributed by atoms with Crippen molar-refractivity contribution in [3.05, 3.63) is 53.1 Å².